The van der Waals surface area contributed by atoms with Crippen molar-refractivity contribution in [3.05, 3.63) is 63.9 Å². The summed E-state index contributed by atoms with van der Waals surface area (Å²) in [5.74, 6) is 2.03. The molecule has 2 aromatic rings. The fourth-order valence-electron chi connectivity index (χ4n) is 5.81. The first kappa shape index (κ1) is 19.6. The standard InChI is InChI=1S/C24H24BrFN2O3/c1-29-21-8-16(4-7-19(21)25)18-9-24(18)11-23(13-30-14-23)12-28-20(10-31-27-22(24)28)15-2-5-17(26)6-3-15/h2-8,18,20H,9-14H2,1H3. The normalized spacial score (nSPS) is 30.3. The van der Waals surface area contributed by atoms with Crippen LogP contribution in [-0.4, -0.2) is 44.2 Å². The van der Waals surface area contributed by atoms with Crippen molar-refractivity contribution in [3.63, 3.8) is 0 Å². The zero-order valence-electron chi connectivity index (χ0n) is 17.3. The van der Waals surface area contributed by atoms with Crippen molar-refractivity contribution < 1.29 is 18.7 Å². The molecule has 0 radical (unpaired) electrons. The first-order chi connectivity index (χ1) is 15.0. The van der Waals surface area contributed by atoms with Crippen LogP contribution in [0.3, 0.4) is 0 Å². The second kappa shape index (κ2) is 6.94. The maximum atomic E-state index is 13.5. The molecule has 1 aliphatic carbocycles. The number of piperidine rings is 1. The maximum absolute atomic E-state index is 13.5. The number of hydrogen-bond donors (Lipinski definition) is 0. The van der Waals surface area contributed by atoms with Gasteiger partial charge in [0, 0.05) is 17.4 Å². The molecule has 162 valence electrons. The Morgan fingerprint density at radius 2 is 1.94 bits per heavy atom. The molecule has 0 aromatic heterocycles. The number of halogens is 2. The van der Waals surface area contributed by atoms with Crippen LogP contribution < -0.4 is 4.74 Å². The van der Waals surface area contributed by atoms with Crippen LogP contribution in [0.1, 0.15) is 35.9 Å². The Kier molecular flexibility index (Phi) is 4.38. The highest BCUT2D eigenvalue weighted by Crippen LogP contribution is 2.69. The molecular weight excluding hydrogens is 463 g/mol. The highest BCUT2D eigenvalue weighted by Gasteiger charge is 2.68. The van der Waals surface area contributed by atoms with Crippen LogP contribution in [0.25, 0.3) is 0 Å². The Hall–Kier alpha value is -2.12. The lowest BCUT2D eigenvalue weighted by Crippen LogP contribution is -2.62. The average molecular weight is 487 g/mol. The van der Waals surface area contributed by atoms with Crippen LogP contribution in [0.15, 0.2) is 52.1 Å². The summed E-state index contributed by atoms with van der Waals surface area (Å²) in [5.41, 5.74) is 2.41. The summed E-state index contributed by atoms with van der Waals surface area (Å²) in [4.78, 5) is 8.18. The van der Waals surface area contributed by atoms with Gasteiger partial charge < -0.3 is 19.2 Å². The van der Waals surface area contributed by atoms with E-state index in [4.69, 9.17) is 14.3 Å². The third-order valence-electron chi connectivity index (χ3n) is 7.40. The molecule has 2 aromatic carbocycles. The lowest BCUT2D eigenvalue weighted by atomic mass is 9.69. The molecule has 3 unspecified atom stereocenters. The largest absolute Gasteiger partial charge is 0.496 e. The number of ether oxygens (including phenoxy) is 2. The van der Waals surface area contributed by atoms with Gasteiger partial charge in [-0.25, -0.2) is 4.39 Å². The molecule has 7 heteroatoms. The van der Waals surface area contributed by atoms with Crippen LogP contribution >= 0.6 is 15.9 Å². The summed E-state index contributed by atoms with van der Waals surface area (Å²) in [6, 6.07) is 13.2. The van der Waals surface area contributed by atoms with Crippen molar-refractivity contribution in [3.8, 4) is 5.75 Å². The summed E-state index contributed by atoms with van der Waals surface area (Å²) >= 11 is 3.56. The number of amidine groups is 1. The first-order valence-electron chi connectivity index (χ1n) is 10.7. The Labute approximate surface area is 189 Å². The second-order valence-corrected chi connectivity index (χ2v) is 10.2. The van der Waals surface area contributed by atoms with E-state index in [1.54, 1.807) is 7.11 Å². The lowest BCUT2D eigenvalue weighted by molar-refractivity contribution is -0.148. The Morgan fingerprint density at radius 1 is 1.16 bits per heavy atom. The summed E-state index contributed by atoms with van der Waals surface area (Å²) in [6.07, 6.45) is 2.09. The van der Waals surface area contributed by atoms with Crippen molar-refractivity contribution in [2.75, 3.05) is 33.5 Å². The van der Waals surface area contributed by atoms with Crippen LogP contribution in [0.2, 0.25) is 0 Å². The predicted octanol–water partition coefficient (Wildman–Crippen LogP) is 4.88. The number of fused-ring (bicyclic) bond motifs is 2. The van der Waals surface area contributed by atoms with Gasteiger partial charge in [-0.3, -0.25) is 0 Å². The zero-order chi connectivity index (χ0) is 21.2. The predicted molar refractivity (Wildman–Crippen MR) is 118 cm³/mol. The van der Waals surface area contributed by atoms with Crippen LogP contribution in [-0.2, 0) is 9.57 Å². The molecule has 6 rings (SSSR count). The molecule has 3 atom stereocenters. The Bertz CT molecular complexity index is 1060. The summed E-state index contributed by atoms with van der Waals surface area (Å²) < 4.78 is 25.7. The van der Waals surface area contributed by atoms with E-state index in [0.717, 1.165) is 54.2 Å². The van der Waals surface area contributed by atoms with E-state index in [1.807, 2.05) is 12.1 Å². The van der Waals surface area contributed by atoms with E-state index in [9.17, 15) is 4.39 Å². The third-order valence-corrected chi connectivity index (χ3v) is 8.05. The number of benzene rings is 2. The van der Waals surface area contributed by atoms with Crippen molar-refractivity contribution in [1.82, 2.24) is 4.90 Å². The molecule has 0 amide bonds. The number of nitrogens with zero attached hydrogens (tertiary/aromatic N) is 2. The monoisotopic (exact) mass is 486 g/mol. The fourth-order valence-corrected chi connectivity index (χ4v) is 6.22. The highest BCUT2D eigenvalue weighted by molar-refractivity contribution is 9.10. The van der Waals surface area contributed by atoms with Gasteiger partial charge in [-0.1, -0.05) is 23.4 Å². The molecule has 3 fully saturated rings. The zero-order valence-corrected chi connectivity index (χ0v) is 18.9. The topological polar surface area (TPSA) is 43.3 Å². The Balaban J connectivity index is 1.38. The summed E-state index contributed by atoms with van der Waals surface area (Å²) in [5, 5.41) is 4.61. The molecule has 0 bridgehead atoms. The van der Waals surface area contributed by atoms with E-state index in [-0.39, 0.29) is 22.7 Å². The van der Waals surface area contributed by atoms with Crippen molar-refractivity contribution in [2.45, 2.75) is 24.8 Å². The quantitative estimate of drug-likeness (QED) is 0.620. The maximum Gasteiger partial charge on any atom is 0.152 e. The molecule has 2 spiro atoms. The number of hydrogen-bond acceptors (Lipinski definition) is 5. The summed E-state index contributed by atoms with van der Waals surface area (Å²) in [7, 11) is 1.70. The minimum atomic E-state index is -0.222. The summed E-state index contributed by atoms with van der Waals surface area (Å²) in [6.45, 7) is 2.94. The van der Waals surface area contributed by atoms with Gasteiger partial charge in [0.25, 0.3) is 0 Å². The fraction of sp³-hybridized carbons (Fsp3) is 0.458. The number of methoxy groups -OCH3 is 1. The molecule has 1 saturated carbocycles. The minimum Gasteiger partial charge on any atom is -0.496 e. The highest BCUT2D eigenvalue weighted by atomic mass is 79.9. The molecule has 31 heavy (non-hydrogen) atoms. The first-order valence-corrected chi connectivity index (χ1v) is 11.5. The van der Waals surface area contributed by atoms with Crippen LogP contribution in [0.4, 0.5) is 4.39 Å². The lowest BCUT2D eigenvalue weighted by Gasteiger charge is -2.55. The van der Waals surface area contributed by atoms with E-state index in [1.165, 1.54) is 17.7 Å². The van der Waals surface area contributed by atoms with Gasteiger partial charge in [-0.2, -0.15) is 0 Å². The molecule has 0 N–H and O–H groups in total. The smallest absolute Gasteiger partial charge is 0.152 e. The van der Waals surface area contributed by atoms with E-state index in [0.29, 0.717) is 12.5 Å². The third kappa shape index (κ3) is 3.00. The molecule has 2 saturated heterocycles. The second-order valence-electron chi connectivity index (χ2n) is 9.38. The molecule has 3 aliphatic heterocycles. The van der Waals surface area contributed by atoms with E-state index < -0.39 is 0 Å². The molecule has 3 heterocycles. The van der Waals surface area contributed by atoms with E-state index >= 15 is 0 Å². The van der Waals surface area contributed by atoms with Gasteiger partial charge in [0.15, 0.2) is 5.84 Å². The van der Waals surface area contributed by atoms with Gasteiger partial charge >= 0.3 is 0 Å². The van der Waals surface area contributed by atoms with Gasteiger partial charge in [0.05, 0.1) is 30.8 Å². The number of rotatable bonds is 3. The number of oxime groups is 1. The van der Waals surface area contributed by atoms with Gasteiger partial charge in [-0.05, 0) is 70.1 Å². The van der Waals surface area contributed by atoms with Crippen LogP contribution in [0, 0.1) is 16.6 Å². The van der Waals surface area contributed by atoms with Crippen molar-refractivity contribution >= 4 is 21.8 Å². The van der Waals surface area contributed by atoms with Gasteiger partial charge in [0.2, 0.25) is 0 Å². The molecule has 5 nitrogen and oxygen atoms in total. The van der Waals surface area contributed by atoms with Crippen molar-refractivity contribution in [2.24, 2.45) is 16.0 Å². The molecular formula is C24H24BrFN2O3. The SMILES string of the molecule is COc1cc(C2CC23CC2(COC2)CN2C3=NOCC2c2ccc(F)cc2)ccc1Br. The van der Waals surface area contributed by atoms with Crippen molar-refractivity contribution in [1.29, 1.82) is 0 Å². The Morgan fingerprint density at radius 3 is 2.65 bits per heavy atom. The van der Waals surface area contributed by atoms with Gasteiger partial charge in [0.1, 0.15) is 18.2 Å². The molecule has 4 aliphatic rings. The van der Waals surface area contributed by atoms with E-state index in [2.05, 4.69) is 44.2 Å². The van der Waals surface area contributed by atoms with Gasteiger partial charge in [-0.15, -0.1) is 0 Å². The van der Waals surface area contributed by atoms with Crippen LogP contribution in [0.5, 0.6) is 5.75 Å². The average Bonchev–Trinajstić information content (AvgIpc) is 3.47. The minimum absolute atomic E-state index is 0.0310.